The maximum absolute atomic E-state index is 6.14. The number of rotatable bonds is 8. The van der Waals surface area contributed by atoms with Crippen molar-refractivity contribution in [1.82, 2.24) is 10.2 Å². The first-order valence-corrected chi connectivity index (χ1v) is 6.79. The number of nitrogens with one attached hydrogen (secondary N) is 1. The second-order valence-electron chi connectivity index (χ2n) is 4.36. The van der Waals surface area contributed by atoms with Crippen molar-refractivity contribution in [1.29, 1.82) is 0 Å². The highest BCUT2D eigenvalue weighted by molar-refractivity contribution is 6.31. The molecule has 102 valence electrons. The van der Waals surface area contributed by atoms with Gasteiger partial charge in [0.2, 0.25) is 0 Å². The third-order valence-corrected chi connectivity index (χ3v) is 3.24. The summed E-state index contributed by atoms with van der Waals surface area (Å²) in [6, 6.07) is 5.91. The number of likely N-dealkylation sites (N-methyl/N-ethyl adjacent to an activating group) is 2. The van der Waals surface area contributed by atoms with Crippen LogP contribution in [0.3, 0.4) is 0 Å². The minimum atomic E-state index is 0.683. The highest BCUT2D eigenvalue weighted by Gasteiger charge is 2.02. The molecule has 0 aliphatic heterocycles. The van der Waals surface area contributed by atoms with E-state index in [0.29, 0.717) is 6.61 Å². The molecule has 0 saturated carbocycles. The molecular weight excluding hydrogens is 248 g/mol. The summed E-state index contributed by atoms with van der Waals surface area (Å²) < 4.78 is 5.69. The van der Waals surface area contributed by atoms with Gasteiger partial charge in [-0.1, -0.05) is 24.6 Å². The molecule has 0 amide bonds. The van der Waals surface area contributed by atoms with Gasteiger partial charge >= 0.3 is 0 Å². The fraction of sp³-hybridized carbons (Fsp3) is 0.571. The summed E-state index contributed by atoms with van der Waals surface area (Å²) in [7, 11) is 4.05. The van der Waals surface area contributed by atoms with Gasteiger partial charge in [0.05, 0.1) is 0 Å². The summed E-state index contributed by atoms with van der Waals surface area (Å²) in [4.78, 5) is 2.23. The largest absolute Gasteiger partial charge is 0.492 e. The van der Waals surface area contributed by atoms with Gasteiger partial charge in [-0.05, 0) is 38.2 Å². The van der Waals surface area contributed by atoms with Crippen LogP contribution in [0, 0.1) is 0 Å². The molecule has 0 radical (unpaired) electrons. The van der Waals surface area contributed by atoms with Crippen molar-refractivity contribution in [2.45, 2.75) is 13.3 Å². The number of benzene rings is 1. The van der Waals surface area contributed by atoms with Crippen LogP contribution >= 0.6 is 11.6 Å². The minimum Gasteiger partial charge on any atom is -0.492 e. The monoisotopic (exact) mass is 270 g/mol. The van der Waals surface area contributed by atoms with Crippen LogP contribution in [0.5, 0.6) is 5.75 Å². The minimum absolute atomic E-state index is 0.683. The Labute approximate surface area is 115 Å². The third kappa shape index (κ3) is 5.25. The molecule has 0 spiro atoms. The van der Waals surface area contributed by atoms with Gasteiger partial charge in [0.15, 0.2) is 0 Å². The Bertz CT molecular complexity index is 358. The molecule has 18 heavy (non-hydrogen) atoms. The molecule has 0 aromatic heterocycles. The van der Waals surface area contributed by atoms with Gasteiger partial charge in [-0.25, -0.2) is 0 Å². The van der Waals surface area contributed by atoms with Gasteiger partial charge in [0.1, 0.15) is 12.4 Å². The van der Waals surface area contributed by atoms with Gasteiger partial charge in [-0.2, -0.15) is 0 Å². The van der Waals surface area contributed by atoms with Gasteiger partial charge in [-0.15, -0.1) is 0 Å². The fourth-order valence-electron chi connectivity index (χ4n) is 1.64. The van der Waals surface area contributed by atoms with Crippen molar-refractivity contribution in [3.8, 4) is 5.75 Å². The summed E-state index contributed by atoms with van der Waals surface area (Å²) in [5, 5.41) is 3.92. The van der Waals surface area contributed by atoms with Crippen LogP contribution in [0.1, 0.15) is 12.5 Å². The first-order valence-electron chi connectivity index (χ1n) is 6.41. The Balaban J connectivity index is 2.33. The topological polar surface area (TPSA) is 24.5 Å². The van der Waals surface area contributed by atoms with Crippen molar-refractivity contribution in [3.05, 3.63) is 28.8 Å². The summed E-state index contributed by atoms with van der Waals surface area (Å²) in [6.45, 7) is 5.71. The number of hydrogen-bond acceptors (Lipinski definition) is 3. The molecular formula is C14H23ClN2O. The average Bonchev–Trinajstić information content (AvgIpc) is 2.36. The lowest BCUT2D eigenvalue weighted by atomic mass is 10.2. The van der Waals surface area contributed by atoms with Crippen molar-refractivity contribution in [2.24, 2.45) is 0 Å². The summed E-state index contributed by atoms with van der Waals surface area (Å²) in [5.41, 5.74) is 1.16. The predicted octanol–water partition coefficient (Wildman–Crippen LogP) is 2.43. The van der Waals surface area contributed by atoms with Crippen LogP contribution in [0.15, 0.2) is 18.2 Å². The van der Waals surface area contributed by atoms with Crippen LogP contribution < -0.4 is 10.1 Å². The SMILES string of the molecule is CCc1ccc(OCCN(C)CCNC)cc1Cl. The summed E-state index contributed by atoms with van der Waals surface area (Å²) in [5.74, 6) is 0.846. The molecule has 0 heterocycles. The quantitative estimate of drug-likeness (QED) is 0.785. The Hall–Kier alpha value is -0.770. The Morgan fingerprint density at radius 2 is 2.11 bits per heavy atom. The fourth-order valence-corrected chi connectivity index (χ4v) is 1.94. The van der Waals surface area contributed by atoms with Crippen LogP contribution in [-0.2, 0) is 6.42 Å². The van der Waals surface area contributed by atoms with Crippen LogP contribution in [0.25, 0.3) is 0 Å². The number of nitrogens with zero attached hydrogens (tertiary/aromatic N) is 1. The highest BCUT2D eigenvalue weighted by Crippen LogP contribution is 2.22. The zero-order chi connectivity index (χ0) is 13.4. The van der Waals surface area contributed by atoms with E-state index >= 15 is 0 Å². The van der Waals surface area contributed by atoms with E-state index < -0.39 is 0 Å². The van der Waals surface area contributed by atoms with Crippen LogP contribution in [0.4, 0.5) is 0 Å². The Kier molecular flexibility index (Phi) is 7.09. The van der Waals surface area contributed by atoms with Gasteiger partial charge in [-0.3, -0.25) is 0 Å². The van der Waals surface area contributed by atoms with E-state index in [9.17, 15) is 0 Å². The number of hydrogen-bond donors (Lipinski definition) is 1. The van der Waals surface area contributed by atoms with Gasteiger partial charge in [0.25, 0.3) is 0 Å². The third-order valence-electron chi connectivity index (χ3n) is 2.89. The zero-order valence-electron chi connectivity index (χ0n) is 11.5. The maximum atomic E-state index is 6.14. The van der Waals surface area contributed by atoms with E-state index in [-0.39, 0.29) is 0 Å². The molecule has 4 heteroatoms. The molecule has 0 aliphatic rings. The molecule has 0 unspecified atom stereocenters. The second kappa shape index (κ2) is 8.35. The number of ether oxygens (including phenoxy) is 1. The molecule has 1 rings (SSSR count). The van der Waals surface area contributed by atoms with E-state index in [0.717, 1.165) is 42.4 Å². The summed E-state index contributed by atoms with van der Waals surface area (Å²) in [6.07, 6.45) is 0.950. The van der Waals surface area contributed by atoms with E-state index in [1.54, 1.807) is 0 Å². The smallest absolute Gasteiger partial charge is 0.120 e. The lowest BCUT2D eigenvalue weighted by Gasteiger charge is -2.16. The lowest BCUT2D eigenvalue weighted by Crippen LogP contribution is -2.30. The van der Waals surface area contributed by atoms with E-state index in [4.69, 9.17) is 16.3 Å². The first-order chi connectivity index (χ1) is 8.67. The second-order valence-corrected chi connectivity index (χ2v) is 4.77. The van der Waals surface area contributed by atoms with Crippen molar-refractivity contribution in [3.63, 3.8) is 0 Å². The van der Waals surface area contributed by atoms with Gasteiger partial charge < -0.3 is 15.0 Å². The zero-order valence-corrected chi connectivity index (χ0v) is 12.3. The average molecular weight is 271 g/mol. The van der Waals surface area contributed by atoms with Crippen LogP contribution in [-0.4, -0.2) is 45.2 Å². The maximum Gasteiger partial charge on any atom is 0.120 e. The molecule has 0 saturated heterocycles. The predicted molar refractivity (Wildman–Crippen MR) is 77.7 cm³/mol. The Morgan fingerprint density at radius 3 is 2.72 bits per heavy atom. The van der Waals surface area contributed by atoms with E-state index in [1.807, 2.05) is 25.2 Å². The molecule has 0 fully saturated rings. The molecule has 3 nitrogen and oxygen atoms in total. The standard InChI is InChI=1S/C14H23ClN2O/c1-4-12-5-6-13(11-14(12)15)18-10-9-17(3)8-7-16-2/h5-6,11,16H,4,7-10H2,1-3H3. The molecule has 0 bridgehead atoms. The van der Waals surface area contributed by atoms with Crippen LogP contribution in [0.2, 0.25) is 5.02 Å². The Morgan fingerprint density at radius 1 is 1.33 bits per heavy atom. The molecule has 1 N–H and O–H groups in total. The molecule has 0 atom stereocenters. The van der Waals surface area contributed by atoms with Gasteiger partial charge in [0, 0.05) is 24.7 Å². The molecule has 0 aliphatic carbocycles. The number of halogens is 1. The number of aryl methyl sites for hydroxylation is 1. The first kappa shape index (κ1) is 15.3. The summed E-state index contributed by atoms with van der Waals surface area (Å²) >= 11 is 6.14. The van der Waals surface area contributed by atoms with Crippen molar-refractivity contribution < 1.29 is 4.74 Å². The van der Waals surface area contributed by atoms with Crippen molar-refractivity contribution in [2.75, 3.05) is 40.3 Å². The van der Waals surface area contributed by atoms with E-state index in [2.05, 4.69) is 24.2 Å². The molecule has 1 aromatic carbocycles. The lowest BCUT2D eigenvalue weighted by molar-refractivity contribution is 0.238. The molecule has 1 aromatic rings. The normalized spacial score (nSPS) is 10.9. The van der Waals surface area contributed by atoms with E-state index in [1.165, 1.54) is 0 Å². The van der Waals surface area contributed by atoms with Crippen molar-refractivity contribution >= 4 is 11.6 Å². The highest BCUT2D eigenvalue weighted by atomic mass is 35.5.